The standard InChI is InChI=1S/C20H29N3O/c1-7-16-8-10-17(11-9-16)20(13(2)3)21-19(24)12-18-14(4)22-23(6)15(18)5/h8-11,13,20H,7,12H2,1-6H3,(H,21,24). The zero-order valence-corrected chi connectivity index (χ0v) is 15.7. The van der Waals surface area contributed by atoms with Crippen molar-refractivity contribution in [3.05, 3.63) is 52.3 Å². The molecule has 2 aromatic rings. The summed E-state index contributed by atoms with van der Waals surface area (Å²) in [4.78, 5) is 12.6. The van der Waals surface area contributed by atoms with Crippen molar-refractivity contribution in [1.82, 2.24) is 15.1 Å². The molecule has 0 aliphatic carbocycles. The molecule has 1 amide bonds. The number of hydrogen-bond acceptors (Lipinski definition) is 2. The number of aromatic nitrogens is 2. The Labute approximate surface area is 145 Å². The third-order valence-electron chi connectivity index (χ3n) is 4.73. The topological polar surface area (TPSA) is 46.9 Å². The van der Waals surface area contributed by atoms with Gasteiger partial charge in [0.1, 0.15) is 0 Å². The number of carbonyl (C=O) groups excluding carboxylic acids is 1. The number of aryl methyl sites for hydroxylation is 3. The third-order valence-corrected chi connectivity index (χ3v) is 4.73. The van der Waals surface area contributed by atoms with Gasteiger partial charge in [0.15, 0.2) is 0 Å². The molecule has 24 heavy (non-hydrogen) atoms. The summed E-state index contributed by atoms with van der Waals surface area (Å²) >= 11 is 0. The zero-order chi connectivity index (χ0) is 17.9. The molecule has 1 unspecified atom stereocenters. The molecule has 1 aromatic heterocycles. The predicted molar refractivity (Wildman–Crippen MR) is 97.9 cm³/mol. The average molecular weight is 327 g/mol. The van der Waals surface area contributed by atoms with Gasteiger partial charge in [0.2, 0.25) is 5.91 Å². The molecular formula is C20H29N3O. The van der Waals surface area contributed by atoms with Crippen molar-refractivity contribution >= 4 is 5.91 Å². The van der Waals surface area contributed by atoms with E-state index in [2.05, 4.69) is 55.5 Å². The van der Waals surface area contributed by atoms with Crippen LogP contribution in [0.2, 0.25) is 0 Å². The molecule has 0 aliphatic rings. The second-order valence-corrected chi connectivity index (χ2v) is 6.83. The van der Waals surface area contributed by atoms with Crippen LogP contribution in [0, 0.1) is 19.8 Å². The van der Waals surface area contributed by atoms with Crippen LogP contribution in [0.5, 0.6) is 0 Å². The van der Waals surface area contributed by atoms with Crippen LogP contribution in [0.4, 0.5) is 0 Å². The summed E-state index contributed by atoms with van der Waals surface area (Å²) in [6.07, 6.45) is 1.40. The van der Waals surface area contributed by atoms with E-state index in [1.807, 2.05) is 25.6 Å². The van der Waals surface area contributed by atoms with Gasteiger partial charge < -0.3 is 5.32 Å². The number of benzene rings is 1. The highest BCUT2D eigenvalue weighted by molar-refractivity contribution is 5.79. The number of hydrogen-bond donors (Lipinski definition) is 1. The minimum Gasteiger partial charge on any atom is -0.349 e. The summed E-state index contributed by atoms with van der Waals surface area (Å²) in [6, 6.07) is 8.58. The van der Waals surface area contributed by atoms with Crippen LogP contribution in [0.3, 0.4) is 0 Å². The van der Waals surface area contributed by atoms with Crippen LogP contribution in [-0.4, -0.2) is 15.7 Å². The summed E-state index contributed by atoms with van der Waals surface area (Å²) in [7, 11) is 1.91. The number of amides is 1. The Morgan fingerprint density at radius 3 is 2.29 bits per heavy atom. The van der Waals surface area contributed by atoms with Gasteiger partial charge in [0.25, 0.3) is 0 Å². The highest BCUT2D eigenvalue weighted by atomic mass is 16.1. The van der Waals surface area contributed by atoms with E-state index in [9.17, 15) is 4.79 Å². The molecule has 0 radical (unpaired) electrons. The van der Waals surface area contributed by atoms with Gasteiger partial charge in [-0.1, -0.05) is 45.0 Å². The zero-order valence-electron chi connectivity index (χ0n) is 15.7. The molecule has 0 saturated carbocycles. The number of nitrogens with one attached hydrogen (secondary N) is 1. The van der Waals surface area contributed by atoms with Gasteiger partial charge in [0, 0.05) is 18.3 Å². The highest BCUT2D eigenvalue weighted by Crippen LogP contribution is 2.23. The second kappa shape index (κ2) is 7.65. The van der Waals surface area contributed by atoms with E-state index in [0.29, 0.717) is 12.3 Å². The van der Waals surface area contributed by atoms with E-state index >= 15 is 0 Å². The van der Waals surface area contributed by atoms with Gasteiger partial charge in [-0.2, -0.15) is 5.10 Å². The number of carbonyl (C=O) groups is 1. The fourth-order valence-electron chi connectivity index (χ4n) is 3.05. The quantitative estimate of drug-likeness (QED) is 0.880. The molecule has 1 atom stereocenters. The molecule has 1 heterocycles. The first kappa shape index (κ1) is 18.2. The average Bonchev–Trinajstić information content (AvgIpc) is 2.79. The molecule has 1 N–H and O–H groups in total. The summed E-state index contributed by atoms with van der Waals surface area (Å²) in [6.45, 7) is 10.4. The van der Waals surface area contributed by atoms with Gasteiger partial charge in [-0.05, 0) is 37.3 Å². The Morgan fingerprint density at radius 2 is 1.83 bits per heavy atom. The second-order valence-electron chi connectivity index (χ2n) is 6.83. The van der Waals surface area contributed by atoms with Gasteiger partial charge in [-0.3, -0.25) is 9.48 Å². The first-order chi connectivity index (χ1) is 11.3. The molecule has 0 spiro atoms. The van der Waals surface area contributed by atoms with Gasteiger partial charge in [0.05, 0.1) is 18.2 Å². The maximum Gasteiger partial charge on any atom is 0.225 e. The lowest BCUT2D eigenvalue weighted by atomic mass is 9.94. The maximum absolute atomic E-state index is 12.6. The number of rotatable bonds is 6. The van der Waals surface area contributed by atoms with E-state index in [1.165, 1.54) is 5.56 Å². The monoisotopic (exact) mass is 327 g/mol. The van der Waals surface area contributed by atoms with Crippen LogP contribution < -0.4 is 5.32 Å². The largest absolute Gasteiger partial charge is 0.349 e. The Hall–Kier alpha value is -2.10. The van der Waals surface area contributed by atoms with E-state index in [0.717, 1.165) is 28.9 Å². The van der Waals surface area contributed by atoms with Crippen LogP contribution in [0.1, 0.15) is 54.9 Å². The Morgan fingerprint density at radius 1 is 1.21 bits per heavy atom. The van der Waals surface area contributed by atoms with Crippen LogP contribution in [0.25, 0.3) is 0 Å². The molecule has 0 saturated heterocycles. The summed E-state index contributed by atoms with van der Waals surface area (Å²) in [5.74, 6) is 0.380. The Balaban J connectivity index is 2.13. The van der Waals surface area contributed by atoms with Crippen molar-refractivity contribution in [2.24, 2.45) is 13.0 Å². The maximum atomic E-state index is 12.6. The summed E-state index contributed by atoms with van der Waals surface area (Å²) in [5.41, 5.74) is 5.48. The summed E-state index contributed by atoms with van der Waals surface area (Å²) in [5, 5.41) is 7.60. The van der Waals surface area contributed by atoms with E-state index in [4.69, 9.17) is 0 Å². The molecule has 130 valence electrons. The van der Waals surface area contributed by atoms with E-state index in [1.54, 1.807) is 0 Å². The minimum atomic E-state index is 0.0284. The van der Waals surface area contributed by atoms with Crippen LogP contribution in [0.15, 0.2) is 24.3 Å². The normalized spacial score (nSPS) is 12.5. The SMILES string of the molecule is CCc1ccc(C(NC(=O)Cc2c(C)nn(C)c2C)C(C)C)cc1. The van der Waals surface area contributed by atoms with E-state index < -0.39 is 0 Å². The lowest BCUT2D eigenvalue weighted by Gasteiger charge is -2.23. The van der Waals surface area contributed by atoms with Gasteiger partial charge in [-0.15, -0.1) is 0 Å². The molecule has 4 nitrogen and oxygen atoms in total. The molecule has 0 fully saturated rings. The van der Waals surface area contributed by atoms with Gasteiger partial charge in [-0.25, -0.2) is 0 Å². The molecule has 1 aromatic carbocycles. The number of nitrogens with zero attached hydrogens (tertiary/aromatic N) is 2. The molecule has 0 aliphatic heterocycles. The molecular weight excluding hydrogens is 298 g/mol. The smallest absolute Gasteiger partial charge is 0.225 e. The molecule has 0 bridgehead atoms. The van der Waals surface area contributed by atoms with Crippen molar-refractivity contribution in [2.75, 3.05) is 0 Å². The van der Waals surface area contributed by atoms with Crippen LogP contribution in [-0.2, 0) is 24.7 Å². The first-order valence-electron chi connectivity index (χ1n) is 8.70. The minimum absolute atomic E-state index is 0.0284. The molecule has 4 heteroatoms. The first-order valence-corrected chi connectivity index (χ1v) is 8.70. The van der Waals surface area contributed by atoms with E-state index in [-0.39, 0.29) is 11.9 Å². The lowest BCUT2D eigenvalue weighted by molar-refractivity contribution is -0.121. The van der Waals surface area contributed by atoms with Crippen molar-refractivity contribution < 1.29 is 4.79 Å². The predicted octanol–water partition coefficient (Wildman–Crippen LogP) is 3.66. The fourth-order valence-corrected chi connectivity index (χ4v) is 3.05. The third kappa shape index (κ3) is 4.05. The molecule has 2 rings (SSSR count). The Kier molecular flexibility index (Phi) is 5.81. The lowest BCUT2D eigenvalue weighted by Crippen LogP contribution is -2.33. The fraction of sp³-hybridized carbons (Fsp3) is 0.500. The van der Waals surface area contributed by atoms with Crippen molar-refractivity contribution in [2.45, 2.75) is 53.5 Å². The van der Waals surface area contributed by atoms with Crippen LogP contribution >= 0.6 is 0 Å². The van der Waals surface area contributed by atoms with Crippen molar-refractivity contribution in [3.8, 4) is 0 Å². The summed E-state index contributed by atoms with van der Waals surface area (Å²) < 4.78 is 1.83. The highest BCUT2D eigenvalue weighted by Gasteiger charge is 2.20. The van der Waals surface area contributed by atoms with Crippen molar-refractivity contribution in [3.63, 3.8) is 0 Å². The van der Waals surface area contributed by atoms with Crippen molar-refractivity contribution in [1.29, 1.82) is 0 Å². The Bertz CT molecular complexity index is 698. The van der Waals surface area contributed by atoms with Gasteiger partial charge >= 0.3 is 0 Å².